The first-order valence-corrected chi connectivity index (χ1v) is 35.1. The molecule has 16 aromatic carbocycles. The minimum Gasteiger partial charge on any atom is -0.457 e. The number of ether oxygens (including phenoxy) is 1. The Morgan fingerprint density at radius 2 is 0.356 bits per heavy atom. The summed E-state index contributed by atoms with van der Waals surface area (Å²) in [6.07, 6.45) is 0. The first-order valence-electron chi connectivity index (χ1n) is 35.1. The normalized spacial score (nSPS) is 11.1. The Labute approximate surface area is 607 Å². The van der Waals surface area contributed by atoms with Crippen LogP contribution in [0.2, 0.25) is 0 Å². The van der Waals surface area contributed by atoms with Gasteiger partial charge >= 0.3 is 0 Å². The van der Waals surface area contributed by atoms with Crippen LogP contribution in [0.4, 0.5) is 102 Å². The third-order valence-electron chi connectivity index (χ3n) is 18.8. The molecule has 0 saturated heterocycles. The van der Waals surface area contributed by atoms with Crippen LogP contribution >= 0.6 is 0 Å². The van der Waals surface area contributed by atoms with Crippen LogP contribution in [0.25, 0.3) is 27.5 Å². The lowest BCUT2D eigenvalue weighted by Gasteiger charge is -2.32. The molecule has 0 bridgehead atoms. The van der Waals surface area contributed by atoms with Gasteiger partial charge in [-0.2, -0.15) is 0 Å². The number of anilines is 18. The molecule has 0 N–H and O–H groups in total. The molecule has 0 spiro atoms. The van der Waals surface area contributed by atoms with Gasteiger partial charge in [0.1, 0.15) is 11.5 Å². The molecular weight excluding hydrogens is 1270 g/mol. The minimum atomic E-state index is 0.658. The van der Waals surface area contributed by atoms with Crippen molar-refractivity contribution in [2.45, 2.75) is 0 Å². The molecular formula is C96H71N7O. The summed E-state index contributed by atoms with van der Waals surface area (Å²) >= 11 is 0. The van der Waals surface area contributed by atoms with Crippen LogP contribution in [0.15, 0.2) is 431 Å². The number of hydrogen-bond donors (Lipinski definition) is 0. The average molecular weight is 1340 g/mol. The molecule has 1 heterocycles. The van der Waals surface area contributed by atoms with Crippen LogP contribution in [0.3, 0.4) is 0 Å². The van der Waals surface area contributed by atoms with Gasteiger partial charge in [-0.05, 0) is 194 Å². The van der Waals surface area contributed by atoms with Gasteiger partial charge in [0.15, 0.2) is 0 Å². The van der Waals surface area contributed by atoms with Crippen molar-refractivity contribution in [2.24, 2.45) is 0 Å². The maximum Gasteiger partial charge on any atom is 0.131 e. The fraction of sp³-hybridized carbons (Fsp3) is 0. The summed E-state index contributed by atoms with van der Waals surface area (Å²) in [4.78, 5) is 14.0. The van der Waals surface area contributed by atoms with E-state index in [2.05, 4.69) is 465 Å². The van der Waals surface area contributed by atoms with E-state index in [1.54, 1.807) is 0 Å². The molecule has 0 amide bonds. The zero-order chi connectivity index (χ0) is 69.4. The van der Waals surface area contributed by atoms with Crippen LogP contribution in [0.1, 0.15) is 0 Å². The van der Waals surface area contributed by atoms with E-state index in [-0.39, 0.29) is 0 Å². The fourth-order valence-corrected chi connectivity index (χ4v) is 14.3. The molecule has 0 aliphatic rings. The number of aromatic nitrogens is 1. The highest BCUT2D eigenvalue weighted by atomic mass is 16.5. The number of hydrogen-bond acceptors (Lipinski definition) is 7. The summed E-state index contributed by atoms with van der Waals surface area (Å²) in [6.45, 7) is 0. The SMILES string of the molecule is c1ccc(N(c2ccccc2)c2cccc(N(c3ccccc3)c3cccc(N(c4ccccc4)c4cc(N(c5ccccc5)c5cccc(Oc6cc(N(c7ccccc7)c7ccccc7)cc(N(c7ccccc7)c7ccccc7)c6)c5)cc(-n5c6ccccc6c6ccccc65)c4)c3)c2)cc1. The van der Waals surface area contributed by atoms with E-state index in [0.717, 1.165) is 119 Å². The van der Waals surface area contributed by atoms with Crippen molar-refractivity contribution >= 4 is 124 Å². The molecule has 0 atom stereocenters. The number of benzene rings is 16. The molecule has 0 aliphatic heterocycles. The van der Waals surface area contributed by atoms with Gasteiger partial charge in [0.05, 0.1) is 39.5 Å². The van der Waals surface area contributed by atoms with Crippen molar-refractivity contribution in [3.05, 3.63) is 431 Å². The van der Waals surface area contributed by atoms with Gasteiger partial charge in [0, 0.05) is 109 Å². The monoisotopic (exact) mass is 1340 g/mol. The van der Waals surface area contributed by atoms with Gasteiger partial charge in [-0.1, -0.05) is 218 Å². The number of fused-ring (bicyclic) bond motifs is 3. The smallest absolute Gasteiger partial charge is 0.131 e. The average Bonchev–Trinajstić information content (AvgIpc) is 1.54. The number of para-hydroxylation sites is 11. The molecule has 0 unspecified atom stereocenters. The Hall–Kier alpha value is -14.1. The van der Waals surface area contributed by atoms with Gasteiger partial charge in [-0.15, -0.1) is 0 Å². The van der Waals surface area contributed by atoms with Gasteiger partial charge in [0.2, 0.25) is 0 Å². The molecule has 8 heteroatoms. The van der Waals surface area contributed by atoms with Gasteiger partial charge in [-0.3, -0.25) is 0 Å². The molecule has 8 nitrogen and oxygen atoms in total. The third kappa shape index (κ3) is 13.0. The van der Waals surface area contributed by atoms with Crippen molar-refractivity contribution in [3.63, 3.8) is 0 Å². The maximum atomic E-state index is 7.38. The van der Waals surface area contributed by atoms with Crippen molar-refractivity contribution in [2.75, 3.05) is 29.4 Å². The molecule has 17 rings (SSSR count). The van der Waals surface area contributed by atoms with E-state index < -0.39 is 0 Å². The summed E-state index contributed by atoms with van der Waals surface area (Å²) < 4.78 is 9.80. The van der Waals surface area contributed by atoms with Crippen LogP contribution < -0.4 is 34.1 Å². The second-order valence-electron chi connectivity index (χ2n) is 25.4. The van der Waals surface area contributed by atoms with Crippen LogP contribution in [0.5, 0.6) is 11.5 Å². The lowest BCUT2D eigenvalue weighted by atomic mass is 10.1. The molecule has 17 aromatic rings. The maximum absolute atomic E-state index is 7.38. The summed E-state index contributed by atoms with van der Waals surface area (Å²) in [5.41, 5.74) is 20.9. The Morgan fingerprint density at radius 1 is 0.154 bits per heavy atom. The van der Waals surface area contributed by atoms with E-state index in [4.69, 9.17) is 4.74 Å². The van der Waals surface area contributed by atoms with Crippen molar-refractivity contribution in [1.29, 1.82) is 0 Å². The first kappa shape index (κ1) is 63.4. The Bertz CT molecular complexity index is 5460. The quantitative estimate of drug-likeness (QED) is 0.0709. The minimum absolute atomic E-state index is 0.658. The van der Waals surface area contributed by atoms with Crippen LogP contribution in [-0.2, 0) is 0 Å². The fourth-order valence-electron chi connectivity index (χ4n) is 14.3. The van der Waals surface area contributed by atoms with E-state index in [1.807, 2.05) is 0 Å². The van der Waals surface area contributed by atoms with Gasteiger partial charge < -0.3 is 38.7 Å². The summed E-state index contributed by atoms with van der Waals surface area (Å²) in [6, 6.07) is 153. The zero-order valence-electron chi connectivity index (χ0n) is 57.0. The zero-order valence-corrected chi connectivity index (χ0v) is 57.0. The molecule has 104 heavy (non-hydrogen) atoms. The lowest BCUT2D eigenvalue weighted by Crippen LogP contribution is -2.15. The predicted molar refractivity (Wildman–Crippen MR) is 435 cm³/mol. The highest BCUT2D eigenvalue weighted by Crippen LogP contribution is 2.49. The van der Waals surface area contributed by atoms with Crippen LogP contribution in [0, 0.1) is 0 Å². The molecule has 0 aliphatic carbocycles. The van der Waals surface area contributed by atoms with E-state index in [0.29, 0.717) is 11.5 Å². The second-order valence-corrected chi connectivity index (χ2v) is 25.4. The van der Waals surface area contributed by atoms with Gasteiger partial charge in [-0.25, -0.2) is 0 Å². The van der Waals surface area contributed by atoms with E-state index in [1.165, 1.54) is 10.8 Å². The second kappa shape index (κ2) is 29.0. The molecule has 1 aromatic heterocycles. The number of nitrogens with zero attached hydrogens (tertiary/aromatic N) is 7. The highest BCUT2D eigenvalue weighted by Gasteiger charge is 2.26. The Morgan fingerprint density at radius 3 is 0.663 bits per heavy atom. The summed E-state index contributed by atoms with van der Waals surface area (Å²) in [5.74, 6) is 1.32. The topological polar surface area (TPSA) is 33.6 Å². The van der Waals surface area contributed by atoms with E-state index >= 15 is 0 Å². The van der Waals surface area contributed by atoms with E-state index in [9.17, 15) is 0 Å². The molecule has 0 fully saturated rings. The van der Waals surface area contributed by atoms with Gasteiger partial charge in [0.25, 0.3) is 0 Å². The third-order valence-corrected chi connectivity index (χ3v) is 18.8. The summed E-state index contributed by atoms with van der Waals surface area (Å²) in [5, 5.41) is 2.35. The lowest BCUT2D eigenvalue weighted by molar-refractivity contribution is 0.483. The van der Waals surface area contributed by atoms with Crippen molar-refractivity contribution < 1.29 is 4.74 Å². The molecule has 0 radical (unpaired) electrons. The standard InChI is InChI=1S/C96H71N7O/c1-10-35-72(36-11-1)97(73-37-12-2-13-38-73)81-53-32-54-82(63-81)100(78-47-22-7-23-48-78)83-55-33-56-84(64-83)101(79-49-24-8-25-50-79)86-65-87(67-88(66-86)103-95-61-30-28-59-93(95)94-60-29-31-62-96(94)103)102(80-51-26-9-27-52-80)85-57-34-58-91(69-85)104-92-70-89(98(74-39-14-3-15-40-74)75-41-16-4-17-42-75)68-90(71-92)99(76-43-18-5-19-44-76)77-45-20-6-21-46-77/h1-71H. The highest BCUT2D eigenvalue weighted by molar-refractivity contribution is 6.09. The Kier molecular flexibility index (Phi) is 17.7. The largest absolute Gasteiger partial charge is 0.457 e. The van der Waals surface area contributed by atoms with Crippen molar-refractivity contribution in [1.82, 2.24) is 4.57 Å². The number of rotatable bonds is 21. The van der Waals surface area contributed by atoms with Crippen molar-refractivity contribution in [3.8, 4) is 17.2 Å². The Balaban J connectivity index is 0.838. The molecule has 0 saturated carbocycles. The van der Waals surface area contributed by atoms with Crippen LogP contribution in [-0.4, -0.2) is 4.57 Å². The predicted octanol–water partition coefficient (Wildman–Crippen LogP) is 27.4. The first-order chi connectivity index (χ1) is 51.6. The molecule has 496 valence electrons. The summed E-state index contributed by atoms with van der Waals surface area (Å²) in [7, 11) is 0.